The minimum Gasteiger partial charge on any atom is -0.493 e. The first-order valence-electron chi connectivity index (χ1n) is 11.7. The zero-order valence-corrected chi connectivity index (χ0v) is 19.2. The van der Waals surface area contributed by atoms with Gasteiger partial charge in [-0.2, -0.15) is 0 Å². The first kappa shape index (κ1) is 21.4. The molecule has 0 N–H and O–H groups in total. The number of imide groups is 1. The van der Waals surface area contributed by atoms with E-state index in [0.29, 0.717) is 17.7 Å². The van der Waals surface area contributed by atoms with Crippen molar-refractivity contribution in [3.05, 3.63) is 101 Å². The van der Waals surface area contributed by atoms with E-state index in [0.717, 1.165) is 25.0 Å². The third kappa shape index (κ3) is 3.84. The summed E-state index contributed by atoms with van der Waals surface area (Å²) in [5.41, 5.74) is 3.44. The van der Waals surface area contributed by atoms with Gasteiger partial charge in [-0.05, 0) is 48.2 Å². The van der Waals surface area contributed by atoms with E-state index in [1.54, 1.807) is 12.1 Å². The summed E-state index contributed by atoms with van der Waals surface area (Å²) in [6.07, 6.45) is 2.79. The number of hydrogen-bond donors (Lipinski definition) is 0. The molecule has 2 unspecified atom stereocenters. The molecule has 2 aliphatic rings. The Labute approximate surface area is 195 Å². The second-order valence-corrected chi connectivity index (χ2v) is 9.61. The van der Waals surface area contributed by atoms with Crippen LogP contribution in [0, 0.1) is 5.92 Å². The fourth-order valence-electron chi connectivity index (χ4n) is 5.25. The molecule has 168 valence electrons. The maximum absolute atomic E-state index is 12.9. The number of benzene rings is 3. The zero-order valence-electron chi connectivity index (χ0n) is 19.2. The van der Waals surface area contributed by atoms with Crippen LogP contribution in [-0.2, 0) is 5.41 Å². The molecule has 4 heteroatoms. The highest BCUT2D eigenvalue weighted by molar-refractivity contribution is 6.21. The van der Waals surface area contributed by atoms with E-state index in [4.69, 9.17) is 4.74 Å². The molecular formula is C29H29NO3. The van der Waals surface area contributed by atoms with Crippen LogP contribution in [0.1, 0.15) is 65.0 Å². The van der Waals surface area contributed by atoms with Gasteiger partial charge in [0.25, 0.3) is 11.8 Å². The molecule has 4 nitrogen and oxygen atoms in total. The summed E-state index contributed by atoms with van der Waals surface area (Å²) < 4.78 is 6.15. The first-order valence-corrected chi connectivity index (χ1v) is 11.7. The molecule has 0 bridgehead atoms. The summed E-state index contributed by atoms with van der Waals surface area (Å²) in [7, 11) is 0. The fraction of sp³-hybridized carbons (Fsp3) is 0.310. The van der Waals surface area contributed by atoms with Crippen LogP contribution in [0.15, 0.2) is 78.9 Å². The van der Waals surface area contributed by atoms with Crippen LogP contribution in [0.25, 0.3) is 0 Å². The largest absolute Gasteiger partial charge is 0.493 e. The van der Waals surface area contributed by atoms with Crippen LogP contribution in [0.5, 0.6) is 5.75 Å². The van der Waals surface area contributed by atoms with Gasteiger partial charge in [0.2, 0.25) is 0 Å². The monoisotopic (exact) mass is 439 g/mol. The van der Waals surface area contributed by atoms with Crippen molar-refractivity contribution in [1.82, 2.24) is 4.90 Å². The lowest BCUT2D eigenvalue weighted by atomic mass is 9.78. The summed E-state index contributed by atoms with van der Waals surface area (Å²) in [5, 5.41) is 0. The van der Waals surface area contributed by atoms with Gasteiger partial charge >= 0.3 is 0 Å². The Balaban J connectivity index is 1.26. The molecular weight excluding hydrogens is 410 g/mol. The summed E-state index contributed by atoms with van der Waals surface area (Å²) in [6, 6.07) is 25.8. The van der Waals surface area contributed by atoms with E-state index in [9.17, 15) is 9.59 Å². The highest BCUT2D eigenvalue weighted by Gasteiger charge is 2.44. The lowest BCUT2D eigenvalue weighted by Gasteiger charge is -2.28. The second kappa shape index (κ2) is 8.51. The van der Waals surface area contributed by atoms with Gasteiger partial charge < -0.3 is 4.74 Å². The summed E-state index contributed by atoms with van der Waals surface area (Å²) in [4.78, 5) is 27.3. The third-order valence-electron chi connectivity index (χ3n) is 7.31. The van der Waals surface area contributed by atoms with Crippen LogP contribution < -0.4 is 4.74 Å². The minimum absolute atomic E-state index is 0.0954. The van der Waals surface area contributed by atoms with Crippen LogP contribution in [0.2, 0.25) is 0 Å². The molecule has 1 fully saturated rings. The number of fused-ring (bicyclic) bond motifs is 1. The summed E-state index contributed by atoms with van der Waals surface area (Å²) in [6.45, 7) is 4.95. The molecule has 2 atom stereocenters. The third-order valence-corrected chi connectivity index (χ3v) is 7.31. The number of nitrogens with zero attached hydrogens (tertiary/aromatic N) is 1. The number of rotatable bonds is 6. The average molecular weight is 440 g/mol. The number of amides is 2. The molecule has 0 spiro atoms. The van der Waals surface area contributed by atoms with Crippen molar-refractivity contribution in [2.75, 3.05) is 6.61 Å². The Kier molecular flexibility index (Phi) is 5.53. The molecule has 1 aliphatic carbocycles. The summed E-state index contributed by atoms with van der Waals surface area (Å²) >= 11 is 0. The Morgan fingerprint density at radius 1 is 0.788 bits per heavy atom. The number of ether oxygens (including phenoxy) is 1. The van der Waals surface area contributed by atoms with Crippen molar-refractivity contribution in [2.45, 2.75) is 44.6 Å². The van der Waals surface area contributed by atoms with Crippen LogP contribution in [0.4, 0.5) is 0 Å². The normalized spacial score (nSPS) is 20.2. The minimum atomic E-state index is -0.167. The molecule has 1 heterocycles. The van der Waals surface area contributed by atoms with Gasteiger partial charge in [-0.15, -0.1) is 0 Å². The van der Waals surface area contributed by atoms with Gasteiger partial charge in [-0.25, -0.2) is 0 Å². The maximum atomic E-state index is 12.9. The van der Waals surface area contributed by atoms with Gasteiger partial charge in [0.05, 0.1) is 17.7 Å². The van der Waals surface area contributed by atoms with Crippen LogP contribution in [0.3, 0.4) is 0 Å². The number of carbonyl (C=O) groups excluding carboxylic acids is 2. The molecule has 0 aromatic heterocycles. The topological polar surface area (TPSA) is 46.6 Å². The smallest absolute Gasteiger partial charge is 0.261 e. The van der Waals surface area contributed by atoms with Crippen molar-refractivity contribution in [3.8, 4) is 5.75 Å². The molecule has 3 aromatic rings. The van der Waals surface area contributed by atoms with Gasteiger partial charge in [0.15, 0.2) is 0 Å². The molecule has 5 rings (SSSR count). The highest BCUT2D eigenvalue weighted by Crippen LogP contribution is 2.36. The van der Waals surface area contributed by atoms with E-state index < -0.39 is 0 Å². The molecule has 0 radical (unpaired) electrons. The highest BCUT2D eigenvalue weighted by atomic mass is 16.5. The molecule has 1 saturated carbocycles. The fourth-order valence-corrected chi connectivity index (χ4v) is 5.25. The standard InChI is InChI=1S/C29H29NO3/c1-29(2,21-10-4-3-5-11-21)22-15-17-23(18-16-22)33-19-20-9-8-14-26(20)30-27(31)24-12-6-7-13-25(24)28(30)32/h3-7,10-13,15-18,20,26H,8-9,14,19H2,1-2H3. The summed E-state index contributed by atoms with van der Waals surface area (Å²) in [5.74, 6) is 0.628. The Bertz CT molecular complexity index is 1130. The van der Waals surface area contributed by atoms with Crippen molar-refractivity contribution in [2.24, 2.45) is 5.92 Å². The van der Waals surface area contributed by atoms with Crippen molar-refractivity contribution >= 4 is 11.8 Å². The van der Waals surface area contributed by atoms with E-state index in [1.165, 1.54) is 16.0 Å². The van der Waals surface area contributed by atoms with E-state index in [-0.39, 0.29) is 29.2 Å². The second-order valence-electron chi connectivity index (χ2n) is 9.61. The van der Waals surface area contributed by atoms with E-state index in [1.807, 2.05) is 30.3 Å². The maximum Gasteiger partial charge on any atom is 0.261 e. The van der Waals surface area contributed by atoms with Gasteiger partial charge in [-0.1, -0.05) is 74.9 Å². The SMILES string of the molecule is CC(C)(c1ccccc1)c1ccc(OCC2CCCC2N2C(=O)c3ccccc3C2=O)cc1. The van der Waals surface area contributed by atoms with Crippen molar-refractivity contribution < 1.29 is 14.3 Å². The van der Waals surface area contributed by atoms with E-state index in [2.05, 4.69) is 50.2 Å². The predicted octanol–water partition coefficient (Wildman–Crippen LogP) is 5.86. The lowest BCUT2D eigenvalue weighted by molar-refractivity contribution is 0.0522. The Morgan fingerprint density at radius 3 is 2.00 bits per heavy atom. The molecule has 2 amide bonds. The Hall–Kier alpha value is -3.40. The van der Waals surface area contributed by atoms with Gasteiger partial charge in [0.1, 0.15) is 5.75 Å². The number of hydrogen-bond acceptors (Lipinski definition) is 3. The molecule has 0 saturated heterocycles. The van der Waals surface area contributed by atoms with E-state index >= 15 is 0 Å². The van der Waals surface area contributed by atoms with Gasteiger partial charge in [0, 0.05) is 17.4 Å². The lowest BCUT2D eigenvalue weighted by Crippen LogP contribution is -2.43. The van der Waals surface area contributed by atoms with Crippen molar-refractivity contribution in [3.63, 3.8) is 0 Å². The average Bonchev–Trinajstić information content (AvgIpc) is 3.40. The molecule has 33 heavy (non-hydrogen) atoms. The predicted molar refractivity (Wildman–Crippen MR) is 129 cm³/mol. The van der Waals surface area contributed by atoms with Crippen LogP contribution >= 0.6 is 0 Å². The Morgan fingerprint density at radius 2 is 1.36 bits per heavy atom. The number of carbonyl (C=O) groups is 2. The zero-order chi connectivity index (χ0) is 23.0. The van der Waals surface area contributed by atoms with Crippen LogP contribution in [-0.4, -0.2) is 29.4 Å². The molecule has 3 aromatic carbocycles. The first-order chi connectivity index (χ1) is 16.0. The molecule has 1 aliphatic heterocycles. The van der Waals surface area contributed by atoms with Crippen molar-refractivity contribution in [1.29, 1.82) is 0 Å². The van der Waals surface area contributed by atoms with Gasteiger partial charge in [-0.3, -0.25) is 14.5 Å². The quantitative estimate of drug-likeness (QED) is 0.452.